The molecule has 0 bridgehead atoms. The Hall–Kier alpha value is -2.54. The molecular formula is C22H28ClN5O2. The highest BCUT2D eigenvalue weighted by Crippen LogP contribution is 2.36. The highest BCUT2D eigenvalue weighted by atomic mass is 35.5. The molecule has 1 aromatic carbocycles. The Morgan fingerprint density at radius 1 is 1.23 bits per heavy atom. The van der Waals surface area contributed by atoms with E-state index >= 15 is 0 Å². The van der Waals surface area contributed by atoms with Crippen LogP contribution in [0.2, 0.25) is 5.02 Å². The van der Waals surface area contributed by atoms with Crippen LogP contribution in [0.25, 0.3) is 11.2 Å². The Morgan fingerprint density at radius 3 is 2.67 bits per heavy atom. The quantitative estimate of drug-likeness (QED) is 0.634. The van der Waals surface area contributed by atoms with Crippen LogP contribution in [0.3, 0.4) is 0 Å². The lowest BCUT2D eigenvalue weighted by Gasteiger charge is -2.34. The molecule has 1 aliphatic heterocycles. The van der Waals surface area contributed by atoms with Crippen LogP contribution in [-0.2, 0) is 20.1 Å². The van der Waals surface area contributed by atoms with Gasteiger partial charge in [0.2, 0.25) is 5.95 Å². The van der Waals surface area contributed by atoms with E-state index in [-0.39, 0.29) is 11.2 Å². The molecule has 1 unspecified atom stereocenters. The molecule has 0 aliphatic carbocycles. The van der Waals surface area contributed by atoms with Crippen LogP contribution in [-0.4, -0.2) is 25.2 Å². The number of hydrogen-bond acceptors (Lipinski definition) is 4. The molecule has 0 N–H and O–H groups in total. The van der Waals surface area contributed by atoms with E-state index in [0.717, 1.165) is 24.2 Å². The first kappa shape index (κ1) is 20.7. The molecular weight excluding hydrogens is 402 g/mol. The highest BCUT2D eigenvalue weighted by molar-refractivity contribution is 6.31. The summed E-state index contributed by atoms with van der Waals surface area (Å²) in [5, 5.41) is 0.692. The zero-order chi connectivity index (χ0) is 21.7. The third-order valence-corrected chi connectivity index (χ3v) is 6.31. The molecule has 8 heteroatoms. The number of fused-ring (bicyclic) bond motifs is 3. The number of anilines is 2. The van der Waals surface area contributed by atoms with Gasteiger partial charge in [-0.25, -0.2) is 4.79 Å². The molecule has 1 aliphatic rings. The van der Waals surface area contributed by atoms with E-state index in [1.807, 2.05) is 29.7 Å². The highest BCUT2D eigenvalue weighted by Gasteiger charge is 2.30. The number of hydrogen-bond donors (Lipinski definition) is 0. The van der Waals surface area contributed by atoms with Gasteiger partial charge in [-0.1, -0.05) is 38.4 Å². The standard InChI is InChI=1S/C22H28ClN5O2/c1-13(2)9-10-26-20(29)18-19(25(5)22(26)30)24-21-27(11-14(3)12-28(18)21)17-8-6-7-16(23)15(17)4/h6-8,13-14H,9-12H2,1-5H3. The number of halogens is 1. The average molecular weight is 430 g/mol. The van der Waals surface area contributed by atoms with Gasteiger partial charge in [0, 0.05) is 37.4 Å². The summed E-state index contributed by atoms with van der Waals surface area (Å²) in [7, 11) is 1.69. The largest absolute Gasteiger partial charge is 0.332 e. The number of rotatable bonds is 4. The van der Waals surface area contributed by atoms with E-state index in [4.69, 9.17) is 16.6 Å². The fourth-order valence-electron chi connectivity index (χ4n) is 4.18. The number of aryl methyl sites for hydroxylation is 1. The Kier molecular flexibility index (Phi) is 5.26. The van der Waals surface area contributed by atoms with Gasteiger partial charge >= 0.3 is 5.69 Å². The molecule has 0 amide bonds. The SMILES string of the molecule is Cc1c(Cl)cccc1N1CC(C)Cn2c1nc1c2c(=O)n(CCC(C)C)c(=O)n1C. The number of imidazole rings is 1. The van der Waals surface area contributed by atoms with Crippen molar-refractivity contribution in [3.63, 3.8) is 0 Å². The monoisotopic (exact) mass is 429 g/mol. The van der Waals surface area contributed by atoms with Crippen LogP contribution >= 0.6 is 11.6 Å². The molecule has 7 nitrogen and oxygen atoms in total. The van der Waals surface area contributed by atoms with E-state index < -0.39 is 0 Å². The normalized spacial score (nSPS) is 16.5. The molecule has 0 spiro atoms. The third-order valence-electron chi connectivity index (χ3n) is 5.90. The number of benzene rings is 1. The smallest absolute Gasteiger partial charge is 0.311 e. The van der Waals surface area contributed by atoms with E-state index in [1.54, 1.807) is 7.05 Å². The Labute approximate surface area is 180 Å². The van der Waals surface area contributed by atoms with E-state index in [1.165, 1.54) is 9.13 Å². The molecule has 0 saturated heterocycles. The van der Waals surface area contributed by atoms with Gasteiger partial charge in [0.15, 0.2) is 11.2 Å². The summed E-state index contributed by atoms with van der Waals surface area (Å²) < 4.78 is 4.82. The van der Waals surface area contributed by atoms with Crippen LogP contribution in [0.5, 0.6) is 0 Å². The van der Waals surface area contributed by atoms with Crippen molar-refractivity contribution >= 4 is 34.4 Å². The first-order valence-electron chi connectivity index (χ1n) is 10.4. The molecule has 0 fully saturated rings. The van der Waals surface area contributed by atoms with Crippen molar-refractivity contribution in [1.29, 1.82) is 0 Å². The Balaban J connectivity index is 1.97. The summed E-state index contributed by atoms with van der Waals surface area (Å²) in [5.41, 5.74) is 2.28. The van der Waals surface area contributed by atoms with Crippen molar-refractivity contribution in [2.24, 2.45) is 18.9 Å². The number of nitrogens with zero attached hydrogens (tertiary/aromatic N) is 5. The summed E-state index contributed by atoms with van der Waals surface area (Å²) in [6.07, 6.45) is 0.770. The first-order chi connectivity index (χ1) is 14.2. The van der Waals surface area contributed by atoms with Crippen molar-refractivity contribution < 1.29 is 0 Å². The summed E-state index contributed by atoms with van der Waals surface area (Å²) in [5.74, 6) is 1.38. The van der Waals surface area contributed by atoms with Gasteiger partial charge in [0.1, 0.15) is 0 Å². The average Bonchev–Trinajstić information content (AvgIpc) is 3.07. The maximum atomic E-state index is 13.4. The van der Waals surface area contributed by atoms with Gasteiger partial charge in [-0.05, 0) is 42.9 Å². The molecule has 2 aromatic heterocycles. The Morgan fingerprint density at radius 2 is 1.97 bits per heavy atom. The van der Waals surface area contributed by atoms with Crippen molar-refractivity contribution in [2.45, 2.75) is 47.2 Å². The summed E-state index contributed by atoms with van der Waals surface area (Å²) >= 11 is 6.37. The van der Waals surface area contributed by atoms with Crippen LogP contribution < -0.4 is 16.1 Å². The molecule has 30 heavy (non-hydrogen) atoms. The van der Waals surface area contributed by atoms with Crippen molar-refractivity contribution in [3.05, 3.63) is 49.6 Å². The molecule has 0 radical (unpaired) electrons. The maximum Gasteiger partial charge on any atom is 0.332 e. The molecule has 3 heterocycles. The van der Waals surface area contributed by atoms with Gasteiger partial charge in [-0.15, -0.1) is 0 Å². The lowest BCUT2D eigenvalue weighted by Crippen LogP contribution is -2.40. The second-order valence-corrected chi connectivity index (χ2v) is 9.18. The van der Waals surface area contributed by atoms with Gasteiger partial charge in [0.25, 0.3) is 5.56 Å². The minimum Gasteiger partial charge on any atom is -0.311 e. The van der Waals surface area contributed by atoms with Gasteiger partial charge < -0.3 is 9.47 Å². The maximum absolute atomic E-state index is 13.4. The van der Waals surface area contributed by atoms with Crippen LogP contribution in [0.1, 0.15) is 32.8 Å². The second kappa shape index (κ2) is 7.61. The predicted molar refractivity (Wildman–Crippen MR) is 121 cm³/mol. The topological polar surface area (TPSA) is 65.1 Å². The van der Waals surface area contributed by atoms with Crippen molar-refractivity contribution in [3.8, 4) is 0 Å². The lowest BCUT2D eigenvalue weighted by atomic mass is 10.1. The number of aromatic nitrogens is 4. The van der Waals surface area contributed by atoms with E-state index in [0.29, 0.717) is 47.1 Å². The molecule has 1 atom stereocenters. The fraction of sp³-hybridized carbons (Fsp3) is 0.500. The predicted octanol–water partition coefficient (Wildman–Crippen LogP) is 3.69. The van der Waals surface area contributed by atoms with Gasteiger partial charge in [0.05, 0.1) is 0 Å². The molecule has 3 aromatic rings. The van der Waals surface area contributed by atoms with Crippen molar-refractivity contribution in [1.82, 2.24) is 18.7 Å². The molecule has 4 rings (SSSR count). The summed E-state index contributed by atoms with van der Waals surface area (Å²) in [4.78, 5) is 33.1. The van der Waals surface area contributed by atoms with E-state index in [2.05, 4.69) is 25.7 Å². The zero-order valence-corrected chi connectivity index (χ0v) is 18.9. The minimum absolute atomic E-state index is 0.260. The summed E-state index contributed by atoms with van der Waals surface area (Å²) in [6.45, 7) is 10.2. The molecule has 0 saturated carbocycles. The molecule has 160 valence electrons. The van der Waals surface area contributed by atoms with Crippen LogP contribution in [0.15, 0.2) is 27.8 Å². The zero-order valence-electron chi connectivity index (χ0n) is 18.1. The summed E-state index contributed by atoms with van der Waals surface area (Å²) in [6, 6.07) is 5.81. The first-order valence-corrected chi connectivity index (χ1v) is 10.8. The van der Waals surface area contributed by atoms with E-state index in [9.17, 15) is 9.59 Å². The van der Waals surface area contributed by atoms with Gasteiger partial charge in [-0.3, -0.25) is 13.9 Å². The Bertz CT molecular complexity index is 1240. The lowest BCUT2D eigenvalue weighted by molar-refractivity contribution is 0.455. The minimum atomic E-state index is -0.317. The second-order valence-electron chi connectivity index (χ2n) is 8.78. The fourth-order valence-corrected chi connectivity index (χ4v) is 4.35. The third kappa shape index (κ3) is 3.25. The van der Waals surface area contributed by atoms with Gasteiger partial charge in [-0.2, -0.15) is 4.98 Å². The van der Waals surface area contributed by atoms with Crippen LogP contribution in [0, 0.1) is 18.8 Å². The van der Waals surface area contributed by atoms with Crippen molar-refractivity contribution in [2.75, 3.05) is 11.4 Å². The van der Waals surface area contributed by atoms with Crippen LogP contribution in [0.4, 0.5) is 11.6 Å².